The van der Waals surface area contributed by atoms with Crippen molar-refractivity contribution < 1.29 is 4.79 Å². The summed E-state index contributed by atoms with van der Waals surface area (Å²) in [6, 6.07) is 9.77. The first-order chi connectivity index (χ1) is 8.22. The fraction of sp³-hybridized carbons (Fsp3) is 0.214. The van der Waals surface area contributed by atoms with Crippen LogP contribution in [0.15, 0.2) is 42.7 Å². The smallest absolute Gasteiger partial charge is 0.259 e. The highest BCUT2D eigenvalue weighted by molar-refractivity contribution is 6.05. The molecule has 88 valence electrons. The number of rotatable bonds is 3. The molecule has 0 saturated carbocycles. The molecule has 17 heavy (non-hydrogen) atoms. The van der Waals surface area contributed by atoms with Crippen molar-refractivity contribution in [2.75, 3.05) is 11.4 Å². The van der Waals surface area contributed by atoms with Gasteiger partial charge in [0.25, 0.3) is 5.91 Å². The van der Waals surface area contributed by atoms with Crippen LogP contribution in [0.4, 0.5) is 5.69 Å². The minimum absolute atomic E-state index is 0.0272. The third kappa shape index (κ3) is 2.38. The number of hydrogen-bond acceptors (Lipinski definition) is 1. The fourth-order valence-corrected chi connectivity index (χ4v) is 1.85. The van der Waals surface area contributed by atoms with E-state index < -0.39 is 0 Å². The lowest BCUT2D eigenvalue weighted by molar-refractivity contribution is 0.0988. The summed E-state index contributed by atoms with van der Waals surface area (Å²) in [7, 11) is 0. The minimum atomic E-state index is 0.0272. The number of nitrogens with zero attached hydrogens (tertiary/aromatic N) is 1. The van der Waals surface area contributed by atoms with Crippen molar-refractivity contribution in [3.05, 3.63) is 53.9 Å². The molecule has 0 atom stereocenters. The topological polar surface area (TPSA) is 36.1 Å². The Morgan fingerprint density at radius 3 is 2.76 bits per heavy atom. The summed E-state index contributed by atoms with van der Waals surface area (Å²) in [5.74, 6) is 0.0272. The Morgan fingerprint density at radius 1 is 1.35 bits per heavy atom. The molecule has 0 aliphatic carbocycles. The van der Waals surface area contributed by atoms with E-state index in [2.05, 4.69) is 4.98 Å². The Hall–Kier alpha value is -2.03. The average Bonchev–Trinajstić information content (AvgIpc) is 2.83. The normalized spacial score (nSPS) is 10.2. The van der Waals surface area contributed by atoms with E-state index in [4.69, 9.17) is 0 Å². The first-order valence-electron chi connectivity index (χ1n) is 5.73. The summed E-state index contributed by atoms with van der Waals surface area (Å²) in [5, 5.41) is 0. The maximum atomic E-state index is 12.3. The van der Waals surface area contributed by atoms with E-state index in [9.17, 15) is 4.79 Å². The second kappa shape index (κ2) is 4.87. The standard InChI is InChI=1S/C14H16N2O/c1-3-16(13-6-4-5-11(2)9-13)14(17)12-7-8-15-10-12/h4-10,15H,3H2,1-2H3. The lowest BCUT2D eigenvalue weighted by atomic mass is 10.2. The van der Waals surface area contributed by atoms with Crippen molar-refractivity contribution in [2.45, 2.75) is 13.8 Å². The molecular weight excluding hydrogens is 212 g/mol. The van der Waals surface area contributed by atoms with Gasteiger partial charge in [-0.2, -0.15) is 0 Å². The molecule has 3 nitrogen and oxygen atoms in total. The second-order valence-electron chi connectivity index (χ2n) is 3.99. The number of aryl methyl sites for hydroxylation is 1. The van der Waals surface area contributed by atoms with Crippen molar-refractivity contribution >= 4 is 11.6 Å². The molecule has 3 heteroatoms. The molecule has 0 saturated heterocycles. The van der Waals surface area contributed by atoms with Gasteiger partial charge in [0.15, 0.2) is 0 Å². The number of carbonyl (C=O) groups is 1. The van der Waals surface area contributed by atoms with Gasteiger partial charge in [-0.15, -0.1) is 0 Å². The number of hydrogen-bond donors (Lipinski definition) is 1. The molecule has 0 aliphatic rings. The molecule has 1 heterocycles. The Balaban J connectivity index is 2.31. The molecule has 1 amide bonds. The van der Waals surface area contributed by atoms with Gasteiger partial charge < -0.3 is 9.88 Å². The van der Waals surface area contributed by atoms with Crippen molar-refractivity contribution in [1.29, 1.82) is 0 Å². The van der Waals surface area contributed by atoms with Gasteiger partial charge >= 0.3 is 0 Å². The quantitative estimate of drug-likeness (QED) is 0.861. The highest BCUT2D eigenvalue weighted by atomic mass is 16.2. The Bertz CT molecular complexity index is 503. The van der Waals surface area contributed by atoms with E-state index in [1.54, 1.807) is 23.4 Å². The molecule has 2 rings (SSSR count). The van der Waals surface area contributed by atoms with Gasteiger partial charge in [0, 0.05) is 24.6 Å². The summed E-state index contributed by atoms with van der Waals surface area (Å²) >= 11 is 0. The molecular formula is C14H16N2O. The first-order valence-corrected chi connectivity index (χ1v) is 5.73. The fourth-order valence-electron chi connectivity index (χ4n) is 1.85. The maximum Gasteiger partial charge on any atom is 0.259 e. The SMILES string of the molecule is CCN(C(=O)c1cc[nH]c1)c1cccc(C)c1. The number of H-pyrrole nitrogens is 1. The van der Waals surface area contributed by atoms with E-state index in [1.165, 1.54) is 0 Å². The number of carbonyl (C=O) groups excluding carboxylic acids is 1. The number of amides is 1. The van der Waals surface area contributed by atoms with Crippen LogP contribution in [-0.4, -0.2) is 17.4 Å². The molecule has 0 fully saturated rings. The van der Waals surface area contributed by atoms with E-state index in [1.807, 2.05) is 38.1 Å². The van der Waals surface area contributed by atoms with Crippen LogP contribution >= 0.6 is 0 Å². The van der Waals surface area contributed by atoms with Crippen molar-refractivity contribution in [3.8, 4) is 0 Å². The molecule has 2 aromatic rings. The number of benzene rings is 1. The zero-order valence-corrected chi connectivity index (χ0v) is 10.1. The van der Waals surface area contributed by atoms with Crippen LogP contribution in [0.3, 0.4) is 0 Å². The summed E-state index contributed by atoms with van der Waals surface area (Å²) in [6.07, 6.45) is 3.48. The molecule has 0 bridgehead atoms. The van der Waals surface area contributed by atoms with Gasteiger partial charge in [-0.1, -0.05) is 12.1 Å². The predicted octanol–water partition coefficient (Wildman–Crippen LogP) is 2.99. The second-order valence-corrected chi connectivity index (χ2v) is 3.99. The third-order valence-electron chi connectivity index (χ3n) is 2.72. The van der Waals surface area contributed by atoms with Crippen molar-refractivity contribution in [1.82, 2.24) is 4.98 Å². The van der Waals surface area contributed by atoms with Crippen LogP contribution < -0.4 is 4.90 Å². The van der Waals surface area contributed by atoms with Crippen molar-refractivity contribution in [2.24, 2.45) is 0 Å². The Kier molecular flexibility index (Phi) is 3.28. The molecule has 0 unspecified atom stereocenters. The van der Waals surface area contributed by atoms with Crippen LogP contribution in [-0.2, 0) is 0 Å². The first kappa shape index (κ1) is 11.5. The monoisotopic (exact) mass is 228 g/mol. The van der Waals surface area contributed by atoms with Gasteiger partial charge in [0.05, 0.1) is 5.56 Å². The zero-order valence-electron chi connectivity index (χ0n) is 10.1. The van der Waals surface area contributed by atoms with E-state index in [-0.39, 0.29) is 5.91 Å². The lowest BCUT2D eigenvalue weighted by Crippen LogP contribution is -2.30. The molecule has 1 aromatic heterocycles. The van der Waals surface area contributed by atoms with Crippen LogP contribution in [0.1, 0.15) is 22.8 Å². The maximum absolute atomic E-state index is 12.3. The van der Waals surface area contributed by atoms with Crippen LogP contribution in [0, 0.1) is 6.92 Å². The highest BCUT2D eigenvalue weighted by Crippen LogP contribution is 2.18. The Morgan fingerprint density at radius 2 is 2.18 bits per heavy atom. The molecule has 0 radical (unpaired) electrons. The van der Waals surface area contributed by atoms with Gasteiger partial charge in [-0.3, -0.25) is 4.79 Å². The molecule has 0 spiro atoms. The van der Waals surface area contributed by atoms with Crippen molar-refractivity contribution in [3.63, 3.8) is 0 Å². The van der Waals surface area contributed by atoms with E-state index in [0.29, 0.717) is 12.1 Å². The van der Waals surface area contributed by atoms with Crippen LogP contribution in [0.2, 0.25) is 0 Å². The molecule has 1 N–H and O–H groups in total. The summed E-state index contributed by atoms with van der Waals surface area (Å²) < 4.78 is 0. The number of anilines is 1. The average molecular weight is 228 g/mol. The van der Waals surface area contributed by atoms with Gasteiger partial charge in [0.1, 0.15) is 0 Å². The lowest BCUT2D eigenvalue weighted by Gasteiger charge is -2.20. The summed E-state index contributed by atoms with van der Waals surface area (Å²) in [5.41, 5.74) is 2.79. The number of aromatic amines is 1. The highest BCUT2D eigenvalue weighted by Gasteiger charge is 2.15. The van der Waals surface area contributed by atoms with Crippen LogP contribution in [0.5, 0.6) is 0 Å². The number of nitrogens with one attached hydrogen (secondary N) is 1. The minimum Gasteiger partial charge on any atom is -0.367 e. The zero-order chi connectivity index (χ0) is 12.3. The molecule has 0 aliphatic heterocycles. The summed E-state index contributed by atoms with van der Waals surface area (Å²) in [4.78, 5) is 16.9. The largest absolute Gasteiger partial charge is 0.367 e. The molecule has 1 aromatic carbocycles. The van der Waals surface area contributed by atoms with E-state index >= 15 is 0 Å². The van der Waals surface area contributed by atoms with Gasteiger partial charge in [-0.05, 0) is 37.6 Å². The van der Waals surface area contributed by atoms with E-state index in [0.717, 1.165) is 11.3 Å². The van der Waals surface area contributed by atoms with Crippen LogP contribution in [0.25, 0.3) is 0 Å². The van der Waals surface area contributed by atoms with Gasteiger partial charge in [0.2, 0.25) is 0 Å². The Labute approximate surface area is 101 Å². The number of aromatic nitrogens is 1. The predicted molar refractivity (Wildman–Crippen MR) is 69.3 cm³/mol. The summed E-state index contributed by atoms with van der Waals surface area (Å²) in [6.45, 7) is 4.67. The van der Waals surface area contributed by atoms with Gasteiger partial charge in [-0.25, -0.2) is 0 Å². The third-order valence-corrected chi connectivity index (χ3v) is 2.72.